The summed E-state index contributed by atoms with van der Waals surface area (Å²) in [5.41, 5.74) is 0. The zero-order valence-corrected chi connectivity index (χ0v) is 14.7. The summed E-state index contributed by atoms with van der Waals surface area (Å²) in [5, 5.41) is 21.2. The molecule has 0 aromatic rings. The van der Waals surface area contributed by atoms with Crippen LogP contribution in [0.25, 0.3) is 10.8 Å². The summed E-state index contributed by atoms with van der Waals surface area (Å²) in [6, 6.07) is 0.507. The standard InChI is InChI=1S/C11H20ClN5.Y/c1-3-9(15-2)8-16-4-6-17(7-5-16)11(14)10(12)13;/h9,15H,3-8H2,1-2H3;/q-2;. The van der Waals surface area contributed by atoms with Crippen LogP contribution in [0.15, 0.2) is 0 Å². The van der Waals surface area contributed by atoms with Gasteiger partial charge in [0.1, 0.15) is 0 Å². The number of nitrogens with zero attached hydrogens (tertiary/aromatic N) is 4. The third-order valence-corrected chi connectivity index (χ3v) is 3.41. The minimum atomic E-state index is -0.528. The molecule has 0 amide bonds. The molecule has 1 rings (SSSR count). The van der Waals surface area contributed by atoms with Crippen molar-refractivity contribution in [3.63, 3.8) is 0 Å². The predicted octanol–water partition coefficient (Wildman–Crippen LogP) is 0.774. The van der Waals surface area contributed by atoms with E-state index in [0.717, 1.165) is 26.1 Å². The van der Waals surface area contributed by atoms with E-state index in [1.807, 2.05) is 7.05 Å². The molecule has 0 aromatic carbocycles. The molecule has 0 aromatic heterocycles. The zero-order valence-electron chi connectivity index (χ0n) is 11.1. The number of hydrogen-bond acceptors (Lipinski definition) is 2. The first-order valence-electron chi connectivity index (χ1n) is 6.00. The van der Waals surface area contributed by atoms with Gasteiger partial charge in [-0.3, -0.25) is 0 Å². The Balaban J connectivity index is 0.00000289. The topological polar surface area (TPSA) is 63.1 Å². The maximum Gasteiger partial charge on any atom is 0.0189 e. The van der Waals surface area contributed by atoms with Crippen molar-refractivity contribution in [3.05, 3.63) is 10.8 Å². The number of likely N-dealkylation sites (N-methyl/N-ethyl adjacent to an activating group) is 1. The van der Waals surface area contributed by atoms with Gasteiger partial charge >= 0.3 is 0 Å². The average molecular weight is 347 g/mol. The fraction of sp³-hybridized carbons (Fsp3) is 0.818. The Morgan fingerprint density at radius 1 is 1.28 bits per heavy atom. The third-order valence-electron chi connectivity index (χ3n) is 3.24. The molecule has 1 aliphatic rings. The maximum absolute atomic E-state index is 9.50. The van der Waals surface area contributed by atoms with Crippen LogP contribution in [-0.4, -0.2) is 66.6 Å². The predicted molar refractivity (Wildman–Crippen MR) is 73.7 cm³/mol. The Bertz CT molecular complexity index is 275. The van der Waals surface area contributed by atoms with Crippen molar-refractivity contribution in [2.45, 2.75) is 19.4 Å². The number of piperazine rings is 1. The van der Waals surface area contributed by atoms with Gasteiger partial charge in [-0.2, -0.15) is 0 Å². The van der Waals surface area contributed by atoms with Crippen LogP contribution in [-0.2, 0) is 32.7 Å². The molecule has 101 valence electrons. The van der Waals surface area contributed by atoms with Crippen molar-refractivity contribution in [1.29, 1.82) is 0 Å². The van der Waals surface area contributed by atoms with E-state index >= 15 is 0 Å². The summed E-state index contributed by atoms with van der Waals surface area (Å²) in [7, 11) is 1.98. The van der Waals surface area contributed by atoms with Crippen LogP contribution in [0.4, 0.5) is 0 Å². The van der Waals surface area contributed by atoms with Gasteiger partial charge in [-0.05, 0) is 39.6 Å². The summed E-state index contributed by atoms with van der Waals surface area (Å²) in [5.74, 6) is -0.216. The SMILES string of the molecule is CCC(CN1CCN(C(=[N-])C(=[N-])Cl)CC1)NC.[Y]. The summed E-state index contributed by atoms with van der Waals surface area (Å²) in [6.45, 7) is 6.28. The van der Waals surface area contributed by atoms with Crippen LogP contribution < -0.4 is 5.32 Å². The molecule has 1 radical (unpaired) electrons. The van der Waals surface area contributed by atoms with Crippen molar-refractivity contribution in [1.82, 2.24) is 15.1 Å². The molecule has 0 spiro atoms. The van der Waals surface area contributed by atoms with Crippen molar-refractivity contribution in [2.75, 3.05) is 39.8 Å². The second-order valence-corrected chi connectivity index (χ2v) is 4.65. The quantitative estimate of drug-likeness (QED) is 0.591. The average Bonchev–Trinajstić information content (AvgIpc) is 2.35. The Hall–Kier alpha value is 0.454. The molecule has 0 aliphatic carbocycles. The number of halogens is 1. The number of hydrogen-bond donors (Lipinski definition) is 1. The van der Waals surface area contributed by atoms with Crippen molar-refractivity contribution < 1.29 is 32.7 Å². The van der Waals surface area contributed by atoms with Gasteiger partial charge in [-0.15, -0.1) is 11.6 Å². The van der Waals surface area contributed by atoms with Gasteiger partial charge in [0.05, 0.1) is 0 Å². The van der Waals surface area contributed by atoms with Gasteiger partial charge in [0.25, 0.3) is 0 Å². The molecule has 0 bridgehead atoms. The van der Waals surface area contributed by atoms with Gasteiger partial charge in [0.15, 0.2) is 0 Å². The van der Waals surface area contributed by atoms with Crippen LogP contribution in [0.1, 0.15) is 13.3 Å². The van der Waals surface area contributed by atoms with Gasteiger partial charge < -0.3 is 25.9 Å². The number of nitrogens with one attached hydrogen (secondary N) is 1. The van der Waals surface area contributed by atoms with Gasteiger partial charge in [-0.25, -0.2) is 0 Å². The Morgan fingerprint density at radius 2 is 1.83 bits per heavy atom. The molecule has 0 saturated carbocycles. The van der Waals surface area contributed by atoms with Gasteiger partial charge in [-0.1, -0.05) is 17.9 Å². The molecule has 5 nitrogen and oxygen atoms in total. The van der Waals surface area contributed by atoms with Crippen LogP contribution in [0.5, 0.6) is 0 Å². The molecule has 1 unspecified atom stereocenters. The van der Waals surface area contributed by atoms with E-state index < -0.39 is 5.17 Å². The minimum Gasteiger partial charge on any atom is -0.794 e. The molecule has 1 heterocycles. The second-order valence-electron chi connectivity index (χ2n) is 4.30. The van der Waals surface area contributed by atoms with Gasteiger partial charge in [0.2, 0.25) is 0 Å². The van der Waals surface area contributed by atoms with E-state index in [4.69, 9.17) is 17.0 Å². The van der Waals surface area contributed by atoms with Crippen molar-refractivity contribution >= 4 is 22.6 Å². The molecule has 1 saturated heterocycles. The molecular formula is C11H20ClN5Y-2. The first kappa shape index (κ1) is 18.5. The second kappa shape index (κ2) is 9.37. The smallest absolute Gasteiger partial charge is 0.0189 e. The minimum absolute atomic E-state index is 0. The maximum atomic E-state index is 9.50. The zero-order chi connectivity index (χ0) is 12.8. The fourth-order valence-corrected chi connectivity index (χ4v) is 2.13. The molecular weight excluding hydrogens is 327 g/mol. The molecule has 1 fully saturated rings. The van der Waals surface area contributed by atoms with Crippen LogP contribution in [0, 0.1) is 0 Å². The molecule has 18 heavy (non-hydrogen) atoms. The van der Waals surface area contributed by atoms with E-state index in [2.05, 4.69) is 17.1 Å². The van der Waals surface area contributed by atoms with Crippen LogP contribution in [0.3, 0.4) is 0 Å². The molecule has 1 N–H and O–H groups in total. The van der Waals surface area contributed by atoms with Gasteiger partial charge in [0, 0.05) is 45.3 Å². The fourth-order valence-electron chi connectivity index (χ4n) is 2.01. The summed E-state index contributed by atoms with van der Waals surface area (Å²) >= 11 is 5.35. The summed E-state index contributed by atoms with van der Waals surface area (Å²) in [4.78, 5) is 4.04. The Morgan fingerprint density at radius 3 is 2.22 bits per heavy atom. The van der Waals surface area contributed by atoms with E-state index in [-0.39, 0.29) is 38.5 Å². The normalized spacial score (nSPS) is 18.1. The monoisotopic (exact) mass is 346 g/mol. The van der Waals surface area contributed by atoms with E-state index in [9.17, 15) is 5.41 Å². The first-order valence-corrected chi connectivity index (χ1v) is 6.38. The first-order chi connectivity index (χ1) is 8.08. The Labute approximate surface area is 140 Å². The number of amidine groups is 1. The largest absolute Gasteiger partial charge is 0.794 e. The Kier molecular flexibility index (Phi) is 9.61. The molecule has 1 atom stereocenters. The number of rotatable bonds is 5. The summed E-state index contributed by atoms with van der Waals surface area (Å²) < 4.78 is 0. The summed E-state index contributed by atoms with van der Waals surface area (Å²) in [6.07, 6.45) is 1.10. The van der Waals surface area contributed by atoms with E-state index in [1.54, 1.807) is 4.90 Å². The van der Waals surface area contributed by atoms with Crippen LogP contribution >= 0.6 is 11.6 Å². The van der Waals surface area contributed by atoms with E-state index in [0.29, 0.717) is 19.1 Å². The molecule has 1 aliphatic heterocycles. The van der Waals surface area contributed by atoms with E-state index in [1.165, 1.54) is 0 Å². The third kappa shape index (κ3) is 5.62. The van der Waals surface area contributed by atoms with Crippen molar-refractivity contribution in [3.8, 4) is 0 Å². The van der Waals surface area contributed by atoms with Crippen LogP contribution in [0.2, 0.25) is 0 Å². The van der Waals surface area contributed by atoms with Crippen molar-refractivity contribution in [2.24, 2.45) is 0 Å². The molecule has 7 heteroatoms.